The molecule has 1 rings (SSSR count). The number of rotatable bonds is 9. The Morgan fingerprint density at radius 3 is 2.88 bits per heavy atom. The second-order valence-corrected chi connectivity index (χ2v) is 4.74. The first-order valence-electron chi connectivity index (χ1n) is 7.01. The lowest BCUT2D eigenvalue weighted by Crippen LogP contribution is -2.26. The zero-order valence-electron chi connectivity index (χ0n) is 11.6. The monoisotopic (exact) mass is 237 g/mol. The van der Waals surface area contributed by atoms with E-state index in [4.69, 9.17) is 0 Å². The Labute approximate surface area is 106 Å². The highest BCUT2D eigenvalue weighted by atomic mass is 15.1. The van der Waals surface area contributed by atoms with Crippen LogP contribution in [0.2, 0.25) is 0 Å². The van der Waals surface area contributed by atoms with Crippen molar-refractivity contribution in [1.82, 2.24) is 14.9 Å². The quantitative estimate of drug-likeness (QED) is 0.669. The average molecular weight is 237 g/mol. The first-order chi connectivity index (χ1) is 8.27. The van der Waals surface area contributed by atoms with Gasteiger partial charge < -0.3 is 9.88 Å². The molecule has 0 bridgehead atoms. The summed E-state index contributed by atoms with van der Waals surface area (Å²) in [6, 6.07) is 0.656. The van der Waals surface area contributed by atoms with Crippen LogP contribution in [0.3, 0.4) is 0 Å². The minimum atomic E-state index is 0.656. The van der Waals surface area contributed by atoms with E-state index in [0.717, 1.165) is 19.5 Å². The second kappa shape index (κ2) is 8.29. The lowest BCUT2D eigenvalue weighted by atomic mass is 10.1. The zero-order valence-corrected chi connectivity index (χ0v) is 11.6. The zero-order chi connectivity index (χ0) is 12.5. The van der Waals surface area contributed by atoms with Gasteiger partial charge in [-0.05, 0) is 32.7 Å². The highest BCUT2D eigenvalue weighted by molar-refractivity contribution is 4.91. The van der Waals surface area contributed by atoms with Gasteiger partial charge in [0, 0.05) is 31.4 Å². The fourth-order valence-electron chi connectivity index (χ4n) is 2.08. The van der Waals surface area contributed by atoms with Crippen LogP contribution in [0, 0.1) is 0 Å². The molecule has 0 aromatic carbocycles. The number of hydrogen-bond acceptors (Lipinski definition) is 2. The van der Waals surface area contributed by atoms with Gasteiger partial charge >= 0.3 is 0 Å². The maximum Gasteiger partial charge on any atom is 0.108 e. The van der Waals surface area contributed by atoms with Crippen LogP contribution >= 0.6 is 0 Å². The molecule has 0 radical (unpaired) electrons. The molecular formula is C14H27N3. The lowest BCUT2D eigenvalue weighted by molar-refractivity contribution is 0.473. The first-order valence-corrected chi connectivity index (χ1v) is 7.01. The molecule has 0 saturated carbocycles. The van der Waals surface area contributed by atoms with Gasteiger partial charge in [-0.15, -0.1) is 0 Å². The van der Waals surface area contributed by atoms with Crippen molar-refractivity contribution in [3.63, 3.8) is 0 Å². The minimum absolute atomic E-state index is 0.656. The standard InChI is InChI=1S/C14H27N3/c1-4-9-15-13(3)8-6-7-11-17-12-10-16-14(17)5-2/h10,12-13,15H,4-9,11H2,1-3H3. The summed E-state index contributed by atoms with van der Waals surface area (Å²) in [5, 5.41) is 3.53. The maximum atomic E-state index is 4.34. The van der Waals surface area contributed by atoms with Gasteiger partial charge in [0.15, 0.2) is 0 Å². The number of nitrogens with one attached hydrogen (secondary N) is 1. The first kappa shape index (κ1) is 14.2. The summed E-state index contributed by atoms with van der Waals surface area (Å²) in [7, 11) is 0. The predicted molar refractivity (Wildman–Crippen MR) is 73.2 cm³/mol. The Bertz CT molecular complexity index is 293. The minimum Gasteiger partial charge on any atom is -0.335 e. The fraction of sp³-hybridized carbons (Fsp3) is 0.786. The Morgan fingerprint density at radius 1 is 1.35 bits per heavy atom. The second-order valence-electron chi connectivity index (χ2n) is 4.74. The predicted octanol–water partition coefficient (Wildman–Crippen LogP) is 3.00. The molecule has 1 unspecified atom stereocenters. The Morgan fingerprint density at radius 2 is 2.18 bits per heavy atom. The van der Waals surface area contributed by atoms with Crippen LogP contribution in [0.1, 0.15) is 52.3 Å². The van der Waals surface area contributed by atoms with Crippen LogP contribution in [0.25, 0.3) is 0 Å². The molecule has 3 nitrogen and oxygen atoms in total. The molecule has 1 N–H and O–H groups in total. The molecule has 3 heteroatoms. The molecule has 98 valence electrons. The van der Waals surface area contributed by atoms with E-state index in [2.05, 4.69) is 41.8 Å². The number of aromatic nitrogens is 2. The third kappa shape index (κ3) is 5.35. The SMILES string of the molecule is CCCNC(C)CCCCn1ccnc1CC. The molecule has 1 aromatic rings. The summed E-state index contributed by atoms with van der Waals surface area (Å²) in [6.45, 7) is 8.91. The molecule has 0 aliphatic heterocycles. The van der Waals surface area contributed by atoms with E-state index < -0.39 is 0 Å². The van der Waals surface area contributed by atoms with Gasteiger partial charge in [-0.25, -0.2) is 4.98 Å². The fourth-order valence-corrected chi connectivity index (χ4v) is 2.08. The normalized spacial score (nSPS) is 12.9. The van der Waals surface area contributed by atoms with Gasteiger partial charge in [0.2, 0.25) is 0 Å². The summed E-state index contributed by atoms with van der Waals surface area (Å²) < 4.78 is 2.28. The van der Waals surface area contributed by atoms with Crippen molar-refractivity contribution in [2.75, 3.05) is 6.54 Å². The third-order valence-electron chi connectivity index (χ3n) is 3.15. The molecule has 0 amide bonds. The number of unbranched alkanes of at least 4 members (excludes halogenated alkanes) is 1. The molecule has 0 fully saturated rings. The van der Waals surface area contributed by atoms with Gasteiger partial charge in [-0.2, -0.15) is 0 Å². The van der Waals surface area contributed by atoms with E-state index in [1.165, 1.54) is 31.5 Å². The molecule has 1 atom stereocenters. The van der Waals surface area contributed by atoms with Gasteiger partial charge in [0.25, 0.3) is 0 Å². The Kier molecular flexibility index (Phi) is 6.94. The van der Waals surface area contributed by atoms with E-state index in [-0.39, 0.29) is 0 Å². The largest absolute Gasteiger partial charge is 0.335 e. The molecule has 0 aliphatic rings. The van der Waals surface area contributed by atoms with E-state index in [1.54, 1.807) is 0 Å². The maximum absolute atomic E-state index is 4.34. The summed E-state index contributed by atoms with van der Waals surface area (Å²) >= 11 is 0. The summed E-state index contributed by atoms with van der Waals surface area (Å²) in [6.07, 6.45) is 10.1. The van der Waals surface area contributed by atoms with Crippen molar-refractivity contribution in [3.05, 3.63) is 18.2 Å². The highest BCUT2D eigenvalue weighted by Crippen LogP contribution is 2.05. The van der Waals surface area contributed by atoms with Crippen LogP contribution < -0.4 is 5.32 Å². The van der Waals surface area contributed by atoms with Crippen molar-refractivity contribution < 1.29 is 0 Å². The van der Waals surface area contributed by atoms with Gasteiger partial charge in [-0.1, -0.05) is 20.3 Å². The van der Waals surface area contributed by atoms with Gasteiger partial charge in [0.05, 0.1) is 0 Å². The van der Waals surface area contributed by atoms with Crippen LogP contribution in [0.4, 0.5) is 0 Å². The number of nitrogens with zero attached hydrogens (tertiary/aromatic N) is 2. The summed E-state index contributed by atoms with van der Waals surface area (Å²) in [5.41, 5.74) is 0. The van der Waals surface area contributed by atoms with Gasteiger partial charge in [0.1, 0.15) is 5.82 Å². The van der Waals surface area contributed by atoms with Crippen molar-refractivity contribution >= 4 is 0 Å². The molecule has 0 saturated heterocycles. The van der Waals surface area contributed by atoms with Crippen molar-refractivity contribution in [2.24, 2.45) is 0 Å². The topological polar surface area (TPSA) is 29.9 Å². The van der Waals surface area contributed by atoms with E-state index in [1.807, 2.05) is 6.20 Å². The van der Waals surface area contributed by atoms with Crippen molar-refractivity contribution in [2.45, 2.75) is 65.5 Å². The smallest absolute Gasteiger partial charge is 0.108 e. The van der Waals surface area contributed by atoms with Crippen LogP contribution in [-0.4, -0.2) is 22.1 Å². The van der Waals surface area contributed by atoms with E-state index in [9.17, 15) is 0 Å². The molecule has 1 aromatic heterocycles. The van der Waals surface area contributed by atoms with Gasteiger partial charge in [-0.3, -0.25) is 0 Å². The molecular weight excluding hydrogens is 210 g/mol. The van der Waals surface area contributed by atoms with E-state index in [0.29, 0.717) is 6.04 Å². The lowest BCUT2D eigenvalue weighted by Gasteiger charge is -2.13. The molecule has 17 heavy (non-hydrogen) atoms. The van der Waals surface area contributed by atoms with Crippen molar-refractivity contribution in [1.29, 1.82) is 0 Å². The highest BCUT2D eigenvalue weighted by Gasteiger charge is 2.02. The average Bonchev–Trinajstić information content (AvgIpc) is 2.79. The number of hydrogen-bond donors (Lipinski definition) is 1. The van der Waals surface area contributed by atoms with Crippen LogP contribution in [0.5, 0.6) is 0 Å². The Hall–Kier alpha value is -0.830. The summed E-state index contributed by atoms with van der Waals surface area (Å²) in [4.78, 5) is 4.34. The van der Waals surface area contributed by atoms with E-state index >= 15 is 0 Å². The van der Waals surface area contributed by atoms with Crippen LogP contribution in [0.15, 0.2) is 12.4 Å². The molecule has 1 heterocycles. The Balaban J connectivity index is 2.11. The third-order valence-corrected chi connectivity index (χ3v) is 3.15. The molecule has 0 spiro atoms. The van der Waals surface area contributed by atoms with Crippen molar-refractivity contribution in [3.8, 4) is 0 Å². The summed E-state index contributed by atoms with van der Waals surface area (Å²) in [5.74, 6) is 1.21. The molecule has 0 aliphatic carbocycles. The van der Waals surface area contributed by atoms with Crippen LogP contribution in [-0.2, 0) is 13.0 Å². The number of imidazole rings is 1. The number of aryl methyl sites for hydroxylation is 2.